The van der Waals surface area contributed by atoms with Gasteiger partial charge in [-0.15, -0.1) is 0 Å². The van der Waals surface area contributed by atoms with E-state index in [1.807, 2.05) is 0 Å². The molecule has 10 heteroatoms. The monoisotopic (exact) mass is 413 g/mol. The minimum atomic E-state index is -1.04. The van der Waals surface area contributed by atoms with Gasteiger partial charge in [-0.2, -0.15) is 5.10 Å². The average molecular weight is 413 g/mol. The fraction of sp³-hybridized carbons (Fsp3) is 0.200. The first-order chi connectivity index (χ1) is 14.4. The minimum Gasteiger partial charge on any atom is -0.508 e. The van der Waals surface area contributed by atoms with E-state index in [1.165, 1.54) is 18.3 Å². The number of aliphatic carboxylic acids is 1. The number of anilines is 1. The number of carboxylic acids is 1. The molecular formula is C20H23N5O5. The van der Waals surface area contributed by atoms with Crippen molar-refractivity contribution >= 4 is 29.8 Å². The summed E-state index contributed by atoms with van der Waals surface area (Å²) in [5.41, 5.74) is 1.78. The molecule has 1 atom stereocenters. The van der Waals surface area contributed by atoms with Crippen LogP contribution in [0, 0.1) is 0 Å². The number of phenolic OH excluding ortho intramolecular Hbond substituents is 1. The van der Waals surface area contributed by atoms with Gasteiger partial charge in [-0.05, 0) is 35.4 Å². The summed E-state index contributed by atoms with van der Waals surface area (Å²) in [7, 11) is 0. The minimum absolute atomic E-state index is 0.0265. The summed E-state index contributed by atoms with van der Waals surface area (Å²) in [6.07, 6.45) is 1.24. The summed E-state index contributed by atoms with van der Waals surface area (Å²) in [5.74, 6) is 2.74. The molecule has 0 aliphatic carbocycles. The normalized spacial score (nSPS) is 11.6. The van der Waals surface area contributed by atoms with Gasteiger partial charge in [0.25, 0.3) is 0 Å². The summed E-state index contributed by atoms with van der Waals surface area (Å²) >= 11 is 0. The zero-order valence-corrected chi connectivity index (χ0v) is 16.0. The highest BCUT2D eigenvalue weighted by Crippen LogP contribution is 2.20. The van der Waals surface area contributed by atoms with E-state index in [2.05, 4.69) is 21.1 Å². The summed E-state index contributed by atoms with van der Waals surface area (Å²) in [6.45, 7) is -0.111. The summed E-state index contributed by atoms with van der Waals surface area (Å²) in [4.78, 5) is 35.4. The molecule has 158 valence electrons. The number of rotatable bonds is 9. The van der Waals surface area contributed by atoms with Crippen LogP contribution in [0.2, 0.25) is 0 Å². The third kappa shape index (κ3) is 7.15. The number of aromatic hydroxyl groups is 1. The smallest absolute Gasteiger partial charge is 0.319 e. The maximum atomic E-state index is 12.5. The molecule has 7 N–H and O–H groups in total. The molecule has 0 spiro atoms. The van der Waals surface area contributed by atoms with Gasteiger partial charge >= 0.3 is 12.0 Å². The second-order valence-corrected chi connectivity index (χ2v) is 6.32. The Morgan fingerprint density at radius 3 is 2.47 bits per heavy atom. The highest BCUT2D eigenvalue weighted by Gasteiger charge is 2.22. The quantitative estimate of drug-likeness (QED) is 0.205. The Balaban J connectivity index is 2.01. The Morgan fingerprint density at radius 2 is 1.83 bits per heavy atom. The fourth-order valence-corrected chi connectivity index (χ4v) is 2.63. The number of hydrogen-bond donors (Lipinski definition) is 6. The lowest BCUT2D eigenvalue weighted by atomic mass is 9.97. The van der Waals surface area contributed by atoms with Crippen LogP contribution in [0.3, 0.4) is 0 Å². The molecule has 0 fully saturated rings. The first kappa shape index (κ1) is 22.2. The number of phenols is 1. The number of hydrogen-bond acceptors (Lipinski definition) is 6. The molecule has 0 saturated heterocycles. The molecule has 0 saturated carbocycles. The molecule has 0 aromatic heterocycles. The molecule has 0 bridgehead atoms. The molecule has 30 heavy (non-hydrogen) atoms. The predicted octanol–water partition coefficient (Wildman–Crippen LogP) is 1.18. The van der Waals surface area contributed by atoms with Crippen molar-refractivity contribution in [1.29, 1.82) is 0 Å². The Morgan fingerprint density at radius 1 is 1.10 bits per heavy atom. The lowest BCUT2D eigenvalue weighted by molar-refractivity contribution is -0.136. The van der Waals surface area contributed by atoms with Crippen LogP contribution >= 0.6 is 0 Å². The van der Waals surface area contributed by atoms with Crippen LogP contribution in [0.5, 0.6) is 5.75 Å². The second-order valence-electron chi connectivity index (χ2n) is 6.32. The Hall–Kier alpha value is -4.08. The van der Waals surface area contributed by atoms with Gasteiger partial charge < -0.3 is 32.0 Å². The molecule has 2 rings (SSSR count). The Bertz CT molecular complexity index is 914. The van der Waals surface area contributed by atoms with Crippen molar-refractivity contribution in [3.8, 4) is 5.75 Å². The number of nitrogens with zero attached hydrogens (tertiary/aromatic N) is 1. The van der Waals surface area contributed by atoms with Crippen molar-refractivity contribution < 1.29 is 24.6 Å². The number of benzene rings is 2. The summed E-state index contributed by atoms with van der Waals surface area (Å²) < 4.78 is 0. The zero-order chi connectivity index (χ0) is 21.9. The highest BCUT2D eigenvalue weighted by molar-refractivity contribution is 5.91. The Labute approximate surface area is 172 Å². The molecule has 0 heterocycles. The van der Waals surface area contributed by atoms with Crippen LogP contribution < -0.4 is 21.8 Å². The van der Waals surface area contributed by atoms with Gasteiger partial charge in [0.2, 0.25) is 5.91 Å². The summed E-state index contributed by atoms with van der Waals surface area (Å²) in [5, 5.41) is 29.6. The van der Waals surface area contributed by atoms with Crippen molar-refractivity contribution in [2.24, 2.45) is 10.9 Å². The van der Waals surface area contributed by atoms with Crippen molar-refractivity contribution in [2.75, 3.05) is 18.4 Å². The van der Waals surface area contributed by atoms with Gasteiger partial charge in [0, 0.05) is 18.8 Å². The van der Waals surface area contributed by atoms with Gasteiger partial charge in [0.05, 0.1) is 18.6 Å². The van der Waals surface area contributed by atoms with Crippen LogP contribution in [0.15, 0.2) is 53.6 Å². The third-order valence-corrected chi connectivity index (χ3v) is 4.09. The van der Waals surface area contributed by atoms with E-state index in [1.54, 1.807) is 36.4 Å². The molecule has 0 aliphatic rings. The van der Waals surface area contributed by atoms with E-state index < -0.39 is 23.8 Å². The van der Waals surface area contributed by atoms with Crippen LogP contribution in [-0.4, -0.2) is 47.4 Å². The maximum Gasteiger partial charge on any atom is 0.319 e. The standard InChI is InChI=1S/C20H23N5O5/c21-24-11-13-4-6-15(7-5-13)25-20(30)23-12-17(14-2-1-3-16(26)10-14)19(29)22-9-8-18(27)28/h1-7,10-11,17,26H,8-9,12,21H2,(H,22,29)(H,27,28)(H2,23,25,30). The van der Waals surface area contributed by atoms with E-state index in [9.17, 15) is 19.5 Å². The summed E-state index contributed by atoms with van der Waals surface area (Å²) in [6, 6.07) is 12.3. The SMILES string of the molecule is NN=Cc1ccc(NC(=O)NCC(C(=O)NCCC(=O)O)c2cccc(O)c2)cc1. The fourth-order valence-electron chi connectivity index (χ4n) is 2.63. The van der Waals surface area contributed by atoms with E-state index >= 15 is 0 Å². The number of carboxylic acid groups (broad SMARTS) is 1. The zero-order valence-electron chi connectivity index (χ0n) is 16.0. The molecule has 2 aromatic carbocycles. The number of nitrogens with two attached hydrogens (primary N) is 1. The highest BCUT2D eigenvalue weighted by atomic mass is 16.4. The van der Waals surface area contributed by atoms with Gasteiger partial charge in [-0.3, -0.25) is 9.59 Å². The molecule has 2 aromatic rings. The van der Waals surface area contributed by atoms with E-state index in [0.29, 0.717) is 11.3 Å². The average Bonchev–Trinajstić information content (AvgIpc) is 2.69. The molecule has 10 nitrogen and oxygen atoms in total. The first-order valence-electron chi connectivity index (χ1n) is 9.05. The van der Waals surface area contributed by atoms with Crippen LogP contribution in [0.1, 0.15) is 23.5 Å². The number of carbonyl (C=O) groups excluding carboxylic acids is 2. The van der Waals surface area contributed by atoms with Crippen molar-refractivity contribution in [3.05, 3.63) is 59.7 Å². The van der Waals surface area contributed by atoms with Gasteiger partial charge in [-0.25, -0.2) is 4.79 Å². The van der Waals surface area contributed by atoms with Crippen LogP contribution in [0.25, 0.3) is 0 Å². The number of urea groups is 1. The van der Waals surface area contributed by atoms with Gasteiger partial charge in [-0.1, -0.05) is 24.3 Å². The molecule has 0 aliphatic heterocycles. The van der Waals surface area contributed by atoms with E-state index in [-0.39, 0.29) is 25.3 Å². The Kier molecular flexibility index (Phi) is 8.18. The second kappa shape index (κ2) is 11.1. The van der Waals surface area contributed by atoms with Crippen molar-refractivity contribution in [3.63, 3.8) is 0 Å². The van der Waals surface area contributed by atoms with Crippen LogP contribution in [-0.2, 0) is 9.59 Å². The number of carbonyl (C=O) groups is 3. The van der Waals surface area contributed by atoms with Crippen molar-refractivity contribution in [2.45, 2.75) is 12.3 Å². The molecular weight excluding hydrogens is 390 g/mol. The molecule has 3 amide bonds. The van der Waals surface area contributed by atoms with Crippen LogP contribution in [0.4, 0.5) is 10.5 Å². The topological polar surface area (TPSA) is 166 Å². The largest absolute Gasteiger partial charge is 0.508 e. The third-order valence-electron chi connectivity index (χ3n) is 4.09. The number of nitrogens with one attached hydrogen (secondary N) is 3. The number of hydrazone groups is 1. The predicted molar refractivity (Wildman–Crippen MR) is 111 cm³/mol. The lowest BCUT2D eigenvalue weighted by Gasteiger charge is -2.18. The lowest BCUT2D eigenvalue weighted by Crippen LogP contribution is -2.39. The van der Waals surface area contributed by atoms with E-state index in [4.69, 9.17) is 10.9 Å². The molecule has 0 radical (unpaired) electrons. The maximum absolute atomic E-state index is 12.5. The number of amides is 3. The van der Waals surface area contributed by atoms with Gasteiger partial charge in [0.1, 0.15) is 5.75 Å². The van der Waals surface area contributed by atoms with Gasteiger partial charge in [0.15, 0.2) is 0 Å². The first-order valence-corrected chi connectivity index (χ1v) is 9.05. The van der Waals surface area contributed by atoms with Crippen molar-refractivity contribution in [1.82, 2.24) is 10.6 Å². The molecule has 1 unspecified atom stereocenters. The van der Waals surface area contributed by atoms with E-state index in [0.717, 1.165) is 5.56 Å².